The molecule has 2 nitrogen and oxygen atoms in total. The summed E-state index contributed by atoms with van der Waals surface area (Å²) in [6, 6.07) is 8.64. The van der Waals surface area contributed by atoms with Crippen LogP contribution in [0.2, 0.25) is 0 Å². The average molecular weight is 258 g/mol. The van der Waals surface area contributed by atoms with E-state index in [2.05, 4.69) is 33.5 Å². The first-order valence-corrected chi connectivity index (χ1v) is 7.44. The fourth-order valence-corrected chi connectivity index (χ4v) is 3.55. The van der Waals surface area contributed by atoms with Crippen LogP contribution >= 0.6 is 11.3 Å². The smallest absolute Gasteiger partial charge is 0.0312 e. The zero-order chi connectivity index (χ0) is 12.2. The van der Waals surface area contributed by atoms with Crippen LogP contribution in [0.5, 0.6) is 0 Å². The minimum Gasteiger partial charge on any atom is -0.299 e. The molecule has 1 aliphatic heterocycles. The molecule has 3 heterocycles. The Morgan fingerprint density at radius 1 is 1.22 bits per heavy atom. The Kier molecular flexibility index (Phi) is 3.72. The van der Waals surface area contributed by atoms with Gasteiger partial charge >= 0.3 is 0 Å². The molecule has 0 amide bonds. The SMILES string of the molecule is c1cncc(CN2CCC(c3cccs3)CC2)c1. The van der Waals surface area contributed by atoms with Crippen molar-refractivity contribution in [1.29, 1.82) is 0 Å². The number of piperidine rings is 1. The number of nitrogens with zero attached hydrogens (tertiary/aromatic N) is 2. The molecule has 0 bridgehead atoms. The molecule has 0 N–H and O–H groups in total. The topological polar surface area (TPSA) is 16.1 Å². The second-order valence-corrected chi connectivity index (χ2v) is 5.91. The molecule has 18 heavy (non-hydrogen) atoms. The minimum atomic E-state index is 0.787. The van der Waals surface area contributed by atoms with Gasteiger partial charge in [0.1, 0.15) is 0 Å². The molecule has 0 saturated carbocycles. The van der Waals surface area contributed by atoms with Crippen molar-refractivity contribution in [3.8, 4) is 0 Å². The van der Waals surface area contributed by atoms with Gasteiger partial charge in [-0.2, -0.15) is 0 Å². The summed E-state index contributed by atoms with van der Waals surface area (Å²) in [4.78, 5) is 8.29. The summed E-state index contributed by atoms with van der Waals surface area (Å²) in [7, 11) is 0. The van der Waals surface area contributed by atoms with Crippen molar-refractivity contribution in [2.24, 2.45) is 0 Å². The Labute approximate surface area is 112 Å². The Bertz CT molecular complexity index is 459. The van der Waals surface area contributed by atoms with Crippen LogP contribution in [0.3, 0.4) is 0 Å². The molecule has 0 atom stereocenters. The van der Waals surface area contributed by atoms with E-state index in [1.807, 2.05) is 29.8 Å². The van der Waals surface area contributed by atoms with Crippen LogP contribution in [-0.4, -0.2) is 23.0 Å². The lowest BCUT2D eigenvalue weighted by Crippen LogP contribution is -2.32. The predicted octanol–water partition coefficient (Wildman–Crippen LogP) is 3.52. The van der Waals surface area contributed by atoms with Gasteiger partial charge in [-0.1, -0.05) is 12.1 Å². The van der Waals surface area contributed by atoms with Gasteiger partial charge in [0.2, 0.25) is 0 Å². The molecular weight excluding hydrogens is 240 g/mol. The largest absolute Gasteiger partial charge is 0.299 e. The second-order valence-electron chi connectivity index (χ2n) is 4.93. The zero-order valence-electron chi connectivity index (χ0n) is 10.5. The highest BCUT2D eigenvalue weighted by atomic mass is 32.1. The second kappa shape index (κ2) is 5.63. The van der Waals surface area contributed by atoms with E-state index in [1.165, 1.54) is 31.5 Å². The first-order valence-electron chi connectivity index (χ1n) is 6.56. The average Bonchev–Trinajstić information content (AvgIpc) is 2.95. The van der Waals surface area contributed by atoms with Crippen LogP contribution in [0.25, 0.3) is 0 Å². The highest BCUT2D eigenvalue weighted by molar-refractivity contribution is 7.10. The van der Waals surface area contributed by atoms with Gasteiger partial charge in [-0.25, -0.2) is 0 Å². The minimum absolute atomic E-state index is 0.787. The summed E-state index contributed by atoms with van der Waals surface area (Å²) >= 11 is 1.91. The molecule has 0 aromatic carbocycles. The van der Waals surface area contributed by atoms with Crippen molar-refractivity contribution in [2.45, 2.75) is 25.3 Å². The zero-order valence-corrected chi connectivity index (χ0v) is 11.3. The third-order valence-corrected chi connectivity index (χ3v) is 4.70. The summed E-state index contributed by atoms with van der Waals surface area (Å²) in [5.41, 5.74) is 1.33. The van der Waals surface area contributed by atoms with Gasteiger partial charge in [-0.3, -0.25) is 9.88 Å². The molecule has 0 unspecified atom stereocenters. The van der Waals surface area contributed by atoms with E-state index in [1.54, 1.807) is 4.88 Å². The summed E-state index contributed by atoms with van der Waals surface area (Å²) in [6.45, 7) is 3.46. The molecule has 0 spiro atoms. The van der Waals surface area contributed by atoms with Gasteiger partial charge in [0.15, 0.2) is 0 Å². The van der Waals surface area contributed by atoms with E-state index in [4.69, 9.17) is 0 Å². The van der Waals surface area contributed by atoms with Crippen LogP contribution in [0, 0.1) is 0 Å². The van der Waals surface area contributed by atoms with Crippen LogP contribution < -0.4 is 0 Å². The normalized spacial score (nSPS) is 18.0. The highest BCUT2D eigenvalue weighted by Crippen LogP contribution is 2.31. The number of likely N-dealkylation sites (tertiary alicyclic amines) is 1. The van der Waals surface area contributed by atoms with Gasteiger partial charge < -0.3 is 0 Å². The number of hydrogen-bond acceptors (Lipinski definition) is 3. The van der Waals surface area contributed by atoms with Crippen LogP contribution in [0.15, 0.2) is 42.0 Å². The molecule has 2 aromatic heterocycles. The molecule has 0 aliphatic carbocycles. The van der Waals surface area contributed by atoms with Crippen LogP contribution in [-0.2, 0) is 6.54 Å². The Hall–Kier alpha value is -1.19. The molecule has 94 valence electrons. The van der Waals surface area contributed by atoms with Crippen molar-refractivity contribution in [3.05, 3.63) is 52.5 Å². The molecule has 2 aromatic rings. The molecule has 3 rings (SSSR count). The van der Waals surface area contributed by atoms with E-state index in [0.717, 1.165) is 12.5 Å². The van der Waals surface area contributed by atoms with E-state index in [0.29, 0.717) is 0 Å². The maximum absolute atomic E-state index is 4.18. The fraction of sp³-hybridized carbons (Fsp3) is 0.400. The highest BCUT2D eigenvalue weighted by Gasteiger charge is 2.21. The van der Waals surface area contributed by atoms with Crippen molar-refractivity contribution in [3.63, 3.8) is 0 Å². The van der Waals surface area contributed by atoms with Crippen molar-refractivity contribution in [2.75, 3.05) is 13.1 Å². The quantitative estimate of drug-likeness (QED) is 0.837. The maximum atomic E-state index is 4.18. The van der Waals surface area contributed by atoms with Crippen LogP contribution in [0.4, 0.5) is 0 Å². The maximum Gasteiger partial charge on any atom is 0.0312 e. The lowest BCUT2D eigenvalue weighted by molar-refractivity contribution is 0.205. The predicted molar refractivity (Wildman–Crippen MR) is 75.8 cm³/mol. The van der Waals surface area contributed by atoms with E-state index < -0.39 is 0 Å². The summed E-state index contributed by atoms with van der Waals surface area (Å²) in [5.74, 6) is 0.787. The van der Waals surface area contributed by atoms with E-state index in [-0.39, 0.29) is 0 Å². The lowest BCUT2D eigenvalue weighted by Gasteiger charge is -2.31. The van der Waals surface area contributed by atoms with Gasteiger partial charge in [0.05, 0.1) is 0 Å². The molecule has 1 fully saturated rings. The number of pyridine rings is 1. The summed E-state index contributed by atoms with van der Waals surface area (Å²) in [6.07, 6.45) is 6.40. The van der Waals surface area contributed by atoms with Crippen molar-refractivity contribution < 1.29 is 0 Å². The van der Waals surface area contributed by atoms with Gasteiger partial charge in [0, 0.05) is 23.8 Å². The molecule has 0 radical (unpaired) electrons. The number of rotatable bonds is 3. The Morgan fingerprint density at radius 2 is 2.11 bits per heavy atom. The third kappa shape index (κ3) is 2.79. The number of aromatic nitrogens is 1. The van der Waals surface area contributed by atoms with Gasteiger partial charge in [-0.15, -0.1) is 11.3 Å². The van der Waals surface area contributed by atoms with E-state index >= 15 is 0 Å². The van der Waals surface area contributed by atoms with Crippen molar-refractivity contribution in [1.82, 2.24) is 9.88 Å². The van der Waals surface area contributed by atoms with Crippen molar-refractivity contribution >= 4 is 11.3 Å². The molecule has 3 heteroatoms. The van der Waals surface area contributed by atoms with Gasteiger partial charge in [-0.05, 0) is 54.9 Å². The summed E-state index contributed by atoms with van der Waals surface area (Å²) < 4.78 is 0. The number of hydrogen-bond donors (Lipinski definition) is 0. The first kappa shape index (κ1) is 11.9. The number of thiophene rings is 1. The Balaban J connectivity index is 1.54. The molecular formula is C15H18N2S. The lowest BCUT2D eigenvalue weighted by atomic mass is 9.95. The monoisotopic (exact) mass is 258 g/mol. The third-order valence-electron chi connectivity index (χ3n) is 3.66. The summed E-state index contributed by atoms with van der Waals surface area (Å²) in [5, 5.41) is 2.19. The van der Waals surface area contributed by atoms with E-state index in [9.17, 15) is 0 Å². The first-order chi connectivity index (χ1) is 8.92. The molecule has 1 aliphatic rings. The standard InChI is InChI=1S/C15H18N2S/c1-3-13(11-16-7-1)12-17-8-5-14(6-9-17)15-4-2-10-18-15/h1-4,7,10-11,14H,5-6,8-9,12H2. The van der Waals surface area contributed by atoms with Crippen LogP contribution in [0.1, 0.15) is 29.2 Å². The Morgan fingerprint density at radius 3 is 2.78 bits per heavy atom. The fourth-order valence-electron chi connectivity index (χ4n) is 2.65. The molecule has 1 saturated heterocycles. The van der Waals surface area contributed by atoms with Gasteiger partial charge in [0.25, 0.3) is 0 Å².